The van der Waals surface area contributed by atoms with Gasteiger partial charge in [0.1, 0.15) is 0 Å². The number of nitrogens with zero attached hydrogens (tertiary/aromatic N) is 1. The Morgan fingerprint density at radius 3 is 2.57 bits per heavy atom. The second-order valence-corrected chi connectivity index (χ2v) is 4.27. The monoisotopic (exact) mass is 191 g/mol. The maximum absolute atomic E-state index is 9.15. The second-order valence-electron chi connectivity index (χ2n) is 4.27. The lowest BCUT2D eigenvalue weighted by molar-refractivity contribution is -0.00287. The summed E-state index contributed by atoms with van der Waals surface area (Å²) in [6.07, 6.45) is -0.0958. The van der Waals surface area contributed by atoms with E-state index in [1.807, 2.05) is 0 Å². The molecule has 76 valence electrons. The van der Waals surface area contributed by atoms with E-state index in [4.69, 9.17) is 5.11 Å². The molecule has 0 spiro atoms. The molecule has 0 saturated carbocycles. The normalized spacial score (nSPS) is 18.2. The molecular formula is C12H17NO. The third kappa shape index (κ3) is 1.97. The van der Waals surface area contributed by atoms with Crippen LogP contribution in [0.2, 0.25) is 0 Å². The molecule has 1 saturated heterocycles. The predicted molar refractivity (Wildman–Crippen MR) is 57.2 cm³/mol. The van der Waals surface area contributed by atoms with Crippen LogP contribution < -0.4 is 0 Å². The number of rotatable bonds is 2. The topological polar surface area (TPSA) is 23.5 Å². The van der Waals surface area contributed by atoms with Gasteiger partial charge in [-0.25, -0.2) is 0 Å². The fourth-order valence-electron chi connectivity index (χ4n) is 1.83. The first-order valence-corrected chi connectivity index (χ1v) is 5.11. The van der Waals surface area contributed by atoms with Crippen LogP contribution in [-0.4, -0.2) is 29.2 Å². The average molecular weight is 191 g/mol. The van der Waals surface area contributed by atoms with Gasteiger partial charge in [0, 0.05) is 19.6 Å². The zero-order valence-corrected chi connectivity index (χ0v) is 8.83. The summed E-state index contributed by atoms with van der Waals surface area (Å²) >= 11 is 0. The third-order valence-corrected chi connectivity index (χ3v) is 2.92. The summed E-state index contributed by atoms with van der Waals surface area (Å²) in [7, 11) is 0. The molecule has 0 amide bonds. The molecular weight excluding hydrogens is 174 g/mol. The third-order valence-electron chi connectivity index (χ3n) is 2.92. The van der Waals surface area contributed by atoms with Gasteiger partial charge in [0.15, 0.2) is 0 Å². The Balaban J connectivity index is 2.00. The number of aryl methyl sites for hydroxylation is 2. The van der Waals surface area contributed by atoms with Gasteiger partial charge in [-0.15, -0.1) is 0 Å². The van der Waals surface area contributed by atoms with Crippen LogP contribution in [0.3, 0.4) is 0 Å². The van der Waals surface area contributed by atoms with Gasteiger partial charge in [0.2, 0.25) is 0 Å². The molecule has 2 nitrogen and oxygen atoms in total. The summed E-state index contributed by atoms with van der Waals surface area (Å²) in [6.45, 7) is 6.90. The zero-order valence-electron chi connectivity index (χ0n) is 8.83. The Kier molecular flexibility index (Phi) is 2.57. The molecule has 1 aliphatic heterocycles. The van der Waals surface area contributed by atoms with E-state index in [1.165, 1.54) is 16.7 Å². The fourth-order valence-corrected chi connectivity index (χ4v) is 1.83. The number of benzene rings is 1. The van der Waals surface area contributed by atoms with Crippen LogP contribution >= 0.6 is 0 Å². The summed E-state index contributed by atoms with van der Waals surface area (Å²) in [4.78, 5) is 2.26. The molecule has 1 aromatic carbocycles. The van der Waals surface area contributed by atoms with Gasteiger partial charge in [0.25, 0.3) is 0 Å². The van der Waals surface area contributed by atoms with Crippen LogP contribution in [0, 0.1) is 13.8 Å². The molecule has 2 rings (SSSR count). The molecule has 1 fully saturated rings. The first kappa shape index (κ1) is 9.69. The maximum Gasteiger partial charge on any atom is 0.0794 e. The molecule has 1 aliphatic rings. The minimum absolute atomic E-state index is 0.0958. The van der Waals surface area contributed by atoms with Crippen LogP contribution in [0.1, 0.15) is 16.7 Å². The SMILES string of the molecule is Cc1ccc(CN2CC(O)C2)cc1C. The van der Waals surface area contributed by atoms with Crippen molar-refractivity contribution >= 4 is 0 Å². The number of aliphatic hydroxyl groups excluding tert-OH is 1. The quantitative estimate of drug-likeness (QED) is 0.765. The van der Waals surface area contributed by atoms with Gasteiger partial charge in [-0.3, -0.25) is 4.90 Å². The van der Waals surface area contributed by atoms with Crippen molar-refractivity contribution in [1.82, 2.24) is 4.90 Å². The van der Waals surface area contributed by atoms with Crippen LogP contribution in [0.25, 0.3) is 0 Å². The number of likely N-dealkylation sites (tertiary alicyclic amines) is 1. The minimum atomic E-state index is -0.0958. The molecule has 0 radical (unpaired) electrons. The van der Waals surface area contributed by atoms with Gasteiger partial charge >= 0.3 is 0 Å². The van der Waals surface area contributed by atoms with Crippen molar-refractivity contribution in [3.8, 4) is 0 Å². The minimum Gasteiger partial charge on any atom is -0.390 e. The highest BCUT2D eigenvalue weighted by molar-refractivity contribution is 5.29. The number of hydrogen-bond donors (Lipinski definition) is 1. The predicted octanol–water partition coefficient (Wildman–Crippen LogP) is 1.48. The highest BCUT2D eigenvalue weighted by atomic mass is 16.3. The first-order valence-electron chi connectivity index (χ1n) is 5.11. The lowest BCUT2D eigenvalue weighted by Gasteiger charge is -2.35. The van der Waals surface area contributed by atoms with Gasteiger partial charge in [0.05, 0.1) is 6.10 Å². The highest BCUT2D eigenvalue weighted by Crippen LogP contribution is 2.15. The van der Waals surface area contributed by atoms with Crippen molar-refractivity contribution in [1.29, 1.82) is 0 Å². The highest BCUT2D eigenvalue weighted by Gasteiger charge is 2.23. The average Bonchev–Trinajstić information content (AvgIpc) is 2.09. The van der Waals surface area contributed by atoms with Crippen LogP contribution in [0.15, 0.2) is 18.2 Å². The molecule has 0 atom stereocenters. The van der Waals surface area contributed by atoms with E-state index < -0.39 is 0 Å². The van der Waals surface area contributed by atoms with E-state index in [1.54, 1.807) is 0 Å². The fraction of sp³-hybridized carbons (Fsp3) is 0.500. The molecule has 0 aliphatic carbocycles. The Bertz CT molecular complexity index is 329. The first-order chi connectivity index (χ1) is 6.65. The molecule has 0 bridgehead atoms. The number of aliphatic hydroxyl groups is 1. The molecule has 0 unspecified atom stereocenters. The van der Waals surface area contributed by atoms with E-state index in [2.05, 4.69) is 36.9 Å². The largest absolute Gasteiger partial charge is 0.390 e. The second kappa shape index (κ2) is 3.71. The van der Waals surface area contributed by atoms with Crippen molar-refractivity contribution in [3.63, 3.8) is 0 Å². The Labute approximate surface area is 85.2 Å². The van der Waals surface area contributed by atoms with E-state index in [9.17, 15) is 0 Å². The van der Waals surface area contributed by atoms with Crippen LogP contribution in [0.4, 0.5) is 0 Å². The van der Waals surface area contributed by atoms with Crippen molar-refractivity contribution in [2.24, 2.45) is 0 Å². The van der Waals surface area contributed by atoms with Gasteiger partial charge < -0.3 is 5.11 Å². The van der Waals surface area contributed by atoms with Crippen molar-refractivity contribution in [2.45, 2.75) is 26.5 Å². The van der Waals surface area contributed by atoms with E-state index in [-0.39, 0.29) is 6.10 Å². The van der Waals surface area contributed by atoms with Crippen molar-refractivity contribution < 1.29 is 5.11 Å². The molecule has 2 heteroatoms. The van der Waals surface area contributed by atoms with Crippen molar-refractivity contribution in [3.05, 3.63) is 34.9 Å². The van der Waals surface area contributed by atoms with E-state index in [0.717, 1.165) is 19.6 Å². The molecule has 1 N–H and O–H groups in total. The van der Waals surface area contributed by atoms with Gasteiger partial charge in [-0.1, -0.05) is 18.2 Å². The summed E-state index contributed by atoms with van der Waals surface area (Å²) in [6, 6.07) is 6.58. The number of β-amino-alcohol motifs (C(OH)–C–C–N with tert-alkyl or cyclic N) is 1. The van der Waals surface area contributed by atoms with Crippen LogP contribution in [-0.2, 0) is 6.54 Å². The summed E-state index contributed by atoms with van der Waals surface area (Å²) < 4.78 is 0. The van der Waals surface area contributed by atoms with Crippen molar-refractivity contribution in [2.75, 3.05) is 13.1 Å². The lowest BCUT2D eigenvalue weighted by Crippen LogP contribution is -2.49. The molecule has 1 aromatic rings. The lowest BCUT2D eigenvalue weighted by atomic mass is 10.0. The Hall–Kier alpha value is -0.860. The summed E-state index contributed by atoms with van der Waals surface area (Å²) in [5, 5.41) is 9.15. The molecule has 0 aromatic heterocycles. The molecule has 1 heterocycles. The van der Waals surface area contributed by atoms with Gasteiger partial charge in [-0.05, 0) is 30.5 Å². The molecule has 14 heavy (non-hydrogen) atoms. The number of hydrogen-bond acceptors (Lipinski definition) is 2. The smallest absolute Gasteiger partial charge is 0.0794 e. The van der Waals surface area contributed by atoms with Crippen LogP contribution in [0.5, 0.6) is 0 Å². The summed E-state index contributed by atoms with van der Waals surface area (Å²) in [5.41, 5.74) is 4.04. The maximum atomic E-state index is 9.15. The Morgan fingerprint density at radius 1 is 1.29 bits per heavy atom. The van der Waals surface area contributed by atoms with E-state index in [0.29, 0.717) is 0 Å². The zero-order chi connectivity index (χ0) is 10.1. The van der Waals surface area contributed by atoms with Gasteiger partial charge in [-0.2, -0.15) is 0 Å². The van der Waals surface area contributed by atoms with E-state index >= 15 is 0 Å². The standard InChI is InChI=1S/C12H17NO/c1-9-3-4-11(5-10(9)2)6-13-7-12(14)8-13/h3-5,12,14H,6-8H2,1-2H3. The summed E-state index contributed by atoms with van der Waals surface area (Å²) in [5.74, 6) is 0. The Morgan fingerprint density at radius 2 is 2.00 bits per heavy atom.